The molecule has 18 heavy (non-hydrogen) atoms. The lowest BCUT2D eigenvalue weighted by Crippen LogP contribution is -2.52. The quantitative estimate of drug-likeness (QED) is 0.781. The molecule has 0 saturated heterocycles. The molecular weight excluding hydrogens is 255 g/mol. The van der Waals surface area contributed by atoms with Gasteiger partial charge in [-0.15, -0.1) is 0 Å². The minimum Gasteiger partial charge on any atom is -0.351 e. The first kappa shape index (κ1) is 11.9. The molecule has 2 aliphatic rings. The van der Waals surface area contributed by atoms with Crippen LogP contribution in [0.3, 0.4) is 0 Å². The van der Waals surface area contributed by atoms with Gasteiger partial charge in [-0.25, -0.2) is 12.8 Å². The van der Waals surface area contributed by atoms with Gasteiger partial charge in [0, 0.05) is 13.1 Å². The van der Waals surface area contributed by atoms with Crippen molar-refractivity contribution in [3.63, 3.8) is 0 Å². The van der Waals surface area contributed by atoms with E-state index >= 15 is 0 Å². The van der Waals surface area contributed by atoms with Crippen molar-refractivity contribution in [2.45, 2.75) is 36.9 Å². The summed E-state index contributed by atoms with van der Waals surface area (Å²) in [7, 11) is -2.03. The standard InChI is InChI=1S/C12H15FN2O2S/c1-8-14(2)18(16,17)12-7-9(13)3-6-11(12)15(8)10-4-5-10/h3,6-8,10H,4-5H2,1-2H3. The summed E-state index contributed by atoms with van der Waals surface area (Å²) >= 11 is 0. The minimum absolute atomic E-state index is 0.0787. The maximum Gasteiger partial charge on any atom is 0.246 e. The van der Waals surface area contributed by atoms with Crippen molar-refractivity contribution < 1.29 is 12.8 Å². The van der Waals surface area contributed by atoms with Gasteiger partial charge in [0.1, 0.15) is 10.7 Å². The SMILES string of the molecule is CC1N(C2CC2)c2ccc(F)cc2S(=O)(=O)N1C. The second-order valence-corrected chi connectivity index (χ2v) is 6.87. The Labute approximate surface area is 106 Å². The van der Waals surface area contributed by atoms with Crippen molar-refractivity contribution >= 4 is 15.7 Å². The zero-order valence-corrected chi connectivity index (χ0v) is 11.1. The van der Waals surface area contributed by atoms with Crippen LogP contribution >= 0.6 is 0 Å². The summed E-state index contributed by atoms with van der Waals surface area (Å²) in [4.78, 5) is 2.16. The molecule has 1 aliphatic heterocycles. The molecule has 6 heteroatoms. The molecule has 1 aliphatic carbocycles. The second kappa shape index (κ2) is 3.68. The normalized spacial score (nSPS) is 27.1. The van der Waals surface area contributed by atoms with E-state index in [1.54, 1.807) is 13.1 Å². The first-order valence-electron chi connectivity index (χ1n) is 5.99. The fraction of sp³-hybridized carbons (Fsp3) is 0.500. The van der Waals surface area contributed by atoms with E-state index in [2.05, 4.69) is 4.90 Å². The van der Waals surface area contributed by atoms with Crippen LogP contribution in [0.5, 0.6) is 0 Å². The molecule has 1 fully saturated rings. The highest BCUT2D eigenvalue weighted by Crippen LogP contribution is 2.42. The summed E-state index contributed by atoms with van der Waals surface area (Å²) in [5.74, 6) is -0.518. The number of hydrogen-bond donors (Lipinski definition) is 0. The zero-order chi connectivity index (χ0) is 13.1. The second-order valence-electron chi connectivity index (χ2n) is 4.90. The molecule has 0 amide bonds. The van der Waals surface area contributed by atoms with Crippen LogP contribution in [0, 0.1) is 5.82 Å². The Morgan fingerprint density at radius 2 is 2.00 bits per heavy atom. The molecule has 1 aromatic carbocycles. The Kier molecular flexibility index (Phi) is 2.44. The fourth-order valence-corrected chi connectivity index (χ4v) is 4.01. The van der Waals surface area contributed by atoms with Gasteiger partial charge in [-0.05, 0) is 38.0 Å². The number of nitrogens with zero attached hydrogens (tertiary/aromatic N) is 2. The van der Waals surface area contributed by atoms with Gasteiger partial charge in [-0.1, -0.05) is 0 Å². The number of rotatable bonds is 1. The van der Waals surface area contributed by atoms with E-state index in [4.69, 9.17) is 0 Å². The summed E-state index contributed by atoms with van der Waals surface area (Å²) < 4.78 is 39.2. The van der Waals surface area contributed by atoms with Crippen molar-refractivity contribution in [3.8, 4) is 0 Å². The number of benzene rings is 1. The van der Waals surface area contributed by atoms with Crippen molar-refractivity contribution in [2.75, 3.05) is 11.9 Å². The monoisotopic (exact) mass is 270 g/mol. The highest BCUT2D eigenvalue weighted by Gasteiger charge is 2.44. The maximum atomic E-state index is 13.3. The van der Waals surface area contributed by atoms with Gasteiger partial charge in [0.15, 0.2) is 0 Å². The van der Waals surface area contributed by atoms with E-state index in [1.807, 2.05) is 6.92 Å². The number of hydrogen-bond acceptors (Lipinski definition) is 3. The van der Waals surface area contributed by atoms with E-state index in [0.29, 0.717) is 11.7 Å². The highest BCUT2D eigenvalue weighted by atomic mass is 32.2. The van der Waals surface area contributed by atoms with E-state index in [0.717, 1.165) is 18.9 Å². The molecule has 1 atom stereocenters. The smallest absolute Gasteiger partial charge is 0.246 e. The number of halogens is 1. The molecule has 1 heterocycles. The molecule has 0 aromatic heterocycles. The summed E-state index contributed by atoms with van der Waals surface area (Å²) in [5.41, 5.74) is 0.629. The molecule has 3 rings (SSSR count). The van der Waals surface area contributed by atoms with E-state index in [9.17, 15) is 12.8 Å². The largest absolute Gasteiger partial charge is 0.351 e. The molecule has 98 valence electrons. The van der Waals surface area contributed by atoms with E-state index < -0.39 is 15.8 Å². The number of anilines is 1. The Hall–Kier alpha value is -1.14. The third-order valence-corrected chi connectivity index (χ3v) is 5.67. The van der Waals surface area contributed by atoms with Crippen LogP contribution in [0.4, 0.5) is 10.1 Å². The third kappa shape index (κ3) is 1.55. The zero-order valence-electron chi connectivity index (χ0n) is 10.3. The average molecular weight is 270 g/mol. The Morgan fingerprint density at radius 3 is 2.61 bits per heavy atom. The summed E-state index contributed by atoms with van der Waals surface area (Å²) in [6.07, 6.45) is 1.91. The first-order chi connectivity index (χ1) is 8.43. The molecule has 1 saturated carbocycles. The van der Waals surface area contributed by atoms with Gasteiger partial charge in [0.2, 0.25) is 10.0 Å². The van der Waals surface area contributed by atoms with Crippen LogP contribution in [0.25, 0.3) is 0 Å². The number of fused-ring (bicyclic) bond motifs is 1. The highest BCUT2D eigenvalue weighted by molar-refractivity contribution is 7.89. The molecule has 0 radical (unpaired) electrons. The molecule has 1 unspecified atom stereocenters. The van der Waals surface area contributed by atoms with Crippen molar-refractivity contribution in [1.82, 2.24) is 4.31 Å². The molecule has 0 bridgehead atoms. The van der Waals surface area contributed by atoms with Crippen molar-refractivity contribution in [3.05, 3.63) is 24.0 Å². The van der Waals surface area contributed by atoms with Gasteiger partial charge >= 0.3 is 0 Å². The summed E-state index contributed by atoms with van der Waals surface area (Å²) in [6, 6.07) is 4.39. The average Bonchev–Trinajstić information content (AvgIpc) is 3.13. The Balaban J connectivity index is 2.24. The lowest BCUT2D eigenvalue weighted by atomic mass is 10.2. The minimum atomic E-state index is -3.58. The van der Waals surface area contributed by atoms with Crippen LogP contribution in [-0.4, -0.2) is 32.0 Å². The van der Waals surface area contributed by atoms with Crippen LogP contribution in [0.2, 0.25) is 0 Å². The van der Waals surface area contributed by atoms with E-state index in [-0.39, 0.29) is 11.1 Å². The van der Waals surface area contributed by atoms with E-state index in [1.165, 1.54) is 10.4 Å². The molecule has 0 N–H and O–H groups in total. The molecule has 1 aromatic rings. The Bertz CT molecular complexity index is 598. The van der Waals surface area contributed by atoms with Crippen LogP contribution in [0.15, 0.2) is 23.1 Å². The maximum absolute atomic E-state index is 13.3. The van der Waals surface area contributed by atoms with Gasteiger partial charge < -0.3 is 4.90 Å². The first-order valence-corrected chi connectivity index (χ1v) is 7.43. The van der Waals surface area contributed by atoms with Gasteiger partial charge in [-0.3, -0.25) is 0 Å². The van der Waals surface area contributed by atoms with Gasteiger partial charge in [0.05, 0.1) is 11.9 Å². The topological polar surface area (TPSA) is 40.6 Å². The predicted molar refractivity (Wildman–Crippen MR) is 66.3 cm³/mol. The Morgan fingerprint density at radius 1 is 1.33 bits per heavy atom. The lowest BCUT2D eigenvalue weighted by molar-refractivity contribution is 0.358. The summed E-state index contributed by atoms with van der Waals surface area (Å²) in [5, 5.41) is 0. The third-order valence-electron chi connectivity index (χ3n) is 3.73. The van der Waals surface area contributed by atoms with Crippen LogP contribution in [-0.2, 0) is 10.0 Å². The van der Waals surface area contributed by atoms with Crippen molar-refractivity contribution in [2.24, 2.45) is 0 Å². The van der Waals surface area contributed by atoms with Crippen LogP contribution < -0.4 is 4.90 Å². The molecule has 4 nitrogen and oxygen atoms in total. The molecular formula is C12H15FN2O2S. The van der Waals surface area contributed by atoms with Gasteiger partial charge in [0.25, 0.3) is 0 Å². The summed E-state index contributed by atoms with van der Waals surface area (Å²) in [6.45, 7) is 1.86. The van der Waals surface area contributed by atoms with Gasteiger partial charge in [-0.2, -0.15) is 4.31 Å². The van der Waals surface area contributed by atoms with Crippen LogP contribution in [0.1, 0.15) is 19.8 Å². The predicted octanol–water partition coefficient (Wildman–Crippen LogP) is 1.77. The fourth-order valence-electron chi connectivity index (χ4n) is 2.49. The number of sulfonamides is 1. The molecule has 0 spiro atoms. The lowest BCUT2D eigenvalue weighted by Gasteiger charge is -2.42. The van der Waals surface area contributed by atoms with Crippen molar-refractivity contribution in [1.29, 1.82) is 0 Å².